The molecule has 0 N–H and O–H groups in total. The third-order valence-corrected chi connectivity index (χ3v) is 7.54. The van der Waals surface area contributed by atoms with Crippen LogP contribution >= 0.6 is 0 Å². The van der Waals surface area contributed by atoms with Gasteiger partial charge in [-0.1, -0.05) is 52.0 Å². The molecule has 0 unspecified atom stereocenters. The van der Waals surface area contributed by atoms with Crippen molar-refractivity contribution in [3.05, 3.63) is 88.0 Å². The van der Waals surface area contributed by atoms with Crippen LogP contribution in [-0.4, -0.2) is 11.6 Å². The SMILES string of the molecule is CC1(C)CC(=O)C2=C(C1)N(c1ccccc1C(F)(F)F)C1=C(C(=O)CC(C)(C)C1)C2c1cccc(F)c1. The molecule has 0 radical (unpaired) electrons. The lowest BCUT2D eigenvalue weighted by molar-refractivity contribution is -0.137. The van der Waals surface area contributed by atoms with Crippen molar-refractivity contribution in [1.29, 1.82) is 0 Å². The van der Waals surface area contributed by atoms with Gasteiger partial charge in [0.1, 0.15) is 5.82 Å². The zero-order chi connectivity index (χ0) is 26.9. The van der Waals surface area contributed by atoms with Crippen molar-refractivity contribution < 1.29 is 27.2 Å². The molecule has 5 rings (SSSR count). The molecule has 0 spiro atoms. The number of carbonyl (C=O) groups excluding carboxylic acids is 2. The number of nitrogens with zero attached hydrogens (tertiary/aromatic N) is 1. The fraction of sp³-hybridized carbons (Fsp3) is 0.400. The summed E-state index contributed by atoms with van der Waals surface area (Å²) < 4.78 is 57.2. The second kappa shape index (κ2) is 8.40. The first-order valence-corrected chi connectivity index (χ1v) is 12.4. The first-order valence-electron chi connectivity index (χ1n) is 12.4. The second-order valence-corrected chi connectivity index (χ2v) is 11.9. The van der Waals surface area contributed by atoms with Gasteiger partial charge < -0.3 is 4.90 Å². The summed E-state index contributed by atoms with van der Waals surface area (Å²) in [5, 5.41) is 0. The van der Waals surface area contributed by atoms with Crippen molar-refractivity contribution in [2.75, 3.05) is 4.90 Å². The Labute approximate surface area is 213 Å². The van der Waals surface area contributed by atoms with E-state index in [0.717, 1.165) is 6.07 Å². The first kappa shape index (κ1) is 25.4. The van der Waals surface area contributed by atoms with Crippen molar-refractivity contribution in [1.82, 2.24) is 0 Å². The maximum absolute atomic E-state index is 14.4. The first-order chi connectivity index (χ1) is 17.2. The van der Waals surface area contributed by atoms with Crippen molar-refractivity contribution in [2.45, 2.75) is 65.5 Å². The molecule has 0 aromatic heterocycles. The van der Waals surface area contributed by atoms with E-state index in [2.05, 4.69) is 0 Å². The van der Waals surface area contributed by atoms with E-state index in [1.165, 1.54) is 36.4 Å². The van der Waals surface area contributed by atoms with Gasteiger partial charge in [-0.2, -0.15) is 13.2 Å². The van der Waals surface area contributed by atoms with Crippen molar-refractivity contribution in [3.8, 4) is 0 Å². The zero-order valence-electron chi connectivity index (χ0n) is 21.3. The molecule has 0 saturated carbocycles. The summed E-state index contributed by atoms with van der Waals surface area (Å²) in [7, 11) is 0. The number of carbonyl (C=O) groups is 2. The molecule has 0 bridgehead atoms. The average molecular weight is 512 g/mol. The second-order valence-electron chi connectivity index (χ2n) is 11.9. The van der Waals surface area contributed by atoms with Crippen LogP contribution in [-0.2, 0) is 15.8 Å². The molecule has 0 atom stereocenters. The number of hydrogen-bond donors (Lipinski definition) is 0. The van der Waals surface area contributed by atoms with Crippen LogP contribution < -0.4 is 4.90 Å². The van der Waals surface area contributed by atoms with E-state index in [4.69, 9.17) is 0 Å². The Kier molecular flexibility index (Phi) is 5.77. The van der Waals surface area contributed by atoms with Crippen LogP contribution in [0.2, 0.25) is 0 Å². The number of anilines is 1. The molecule has 2 aromatic rings. The Morgan fingerprint density at radius 2 is 1.32 bits per heavy atom. The highest BCUT2D eigenvalue weighted by Crippen LogP contribution is 2.56. The highest BCUT2D eigenvalue weighted by Gasteiger charge is 2.50. The van der Waals surface area contributed by atoms with E-state index in [9.17, 15) is 27.2 Å². The van der Waals surface area contributed by atoms with Gasteiger partial charge in [-0.05, 0) is 53.5 Å². The Bertz CT molecular complexity index is 1330. The Morgan fingerprint density at radius 3 is 1.84 bits per heavy atom. The summed E-state index contributed by atoms with van der Waals surface area (Å²) >= 11 is 0. The van der Waals surface area contributed by atoms with Gasteiger partial charge >= 0.3 is 6.18 Å². The summed E-state index contributed by atoms with van der Waals surface area (Å²) in [6.45, 7) is 7.66. The van der Waals surface area contributed by atoms with Gasteiger partial charge in [0, 0.05) is 41.3 Å². The number of ketones is 2. The number of allylic oxidation sites excluding steroid dienone is 4. The highest BCUT2D eigenvalue weighted by atomic mass is 19.4. The minimum absolute atomic E-state index is 0.0938. The average Bonchev–Trinajstić information content (AvgIpc) is 2.75. The van der Waals surface area contributed by atoms with E-state index in [1.54, 1.807) is 11.0 Å². The van der Waals surface area contributed by atoms with Crippen LogP contribution in [0.5, 0.6) is 0 Å². The molecular formula is C30H29F4NO2. The number of halogens is 4. The summed E-state index contributed by atoms with van der Waals surface area (Å²) in [5.41, 5.74) is 0.0775. The molecule has 2 aromatic carbocycles. The molecule has 0 fully saturated rings. The number of Topliss-reactive ketones (excluding diaryl/α,β-unsaturated/α-hetero) is 2. The third kappa shape index (κ3) is 4.42. The van der Waals surface area contributed by atoms with Crippen molar-refractivity contribution >= 4 is 17.3 Å². The molecule has 3 nitrogen and oxygen atoms in total. The Balaban J connectivity index is 1.88. The van der Waals surface area contributed by atoms with Crippen LogP contribution in [0.15, 0.2) is 71.1 Å². The van der Waals surface area contributed by atoms with E-state index in [1.807, 2.05) is 27.7 Å². The lowest BCUT2D eigenvalue weighted by atomic mass is 9.63. The van der Waals surface area contributed by atoms with Crippen molar-refractivity contribution in [3.63, 3.8) is 0 Å². The topological polar surface area (TPSA) is 37.4 Å². The van der Waals surface area contributed by atoms with E-state index >= 15 is 0 Å². The number of para-hydroxylation sites is 1. The fourth-order valence-corrected chi connectivity index (χ4v) is 6.18. The predicted molar refractivity (Wildman–Crippen MR) is 133 cm³/mol. The van der Waals surface area contributed by atoms with Crippen LogP contribution in [0.1, 0.15) is 70.4 Å². The molecule has 2 aliphatic carbocycles. The minimum atomic E-state index is -4.64. The maximum Gasteiger partial charge on any atom is 0.418 e. The minimum Gasteiger partial charge on any atom is -0.316 e. The van der Waals surface area contributed by atoms with Gasteiger partial charge in [-0.15, -0.1) is 0 Å². The summed E-state index contributed by atoms with van der Waals surface area (Å²) in [4.78, 5) is 29.0. The van der Waals surface area contributed by atoms with Gasteiger partial charge in [0.15, 0.2) is 11.6 Å². The normalized spacial score (nSPS) is 21.8. The molecule has 3 aliphatic rings. The lowest BCUT2D eigenvalue weighted by Crippen LogP contribution is -2.45. The quantitative estimate of drug-likeness (QED) is 0.387. The Hall–Kier alpha value is -3.22. The Morgan fingerprint density at radius 1 is 0.784 bits per heavy atom. The van der Waals surface area contributed by atoms with Gasteiger partial charge in [-0.3, -0.25) is 9.59 Å². The summed E-state index contributed by atoms with van der Waals surface area (Å²) in [6, 6.07) is 11.1. The number of rotatable bonds is 2. The van der Waals surface area contributed by atoms with Crippen LogP contribution in [0, 0.1) is 16.6 Å². The number of hydrogen-bond acceptors (Lipinski definition) is 3. The molecule has 0 saturated heterocycles. The van der Waals surface area contributed by atoms with Crippen LogP contribution in [0.3, 0.4) is 0 Å². The molecule has 7 heteroatoms. The van der Waals surface area contributed by atoms with Gasteiger partial charge in [0.05, 0.1) is 11.3 Å². The van der Waals surface area contributed by atoms with Gasteiger partial charge in [0.25, 0.3) is 0 Å². The van der Waals surface area contributed by atoms with Gasteiger partial charge in [-0.25, -0.2) is 4.39 Å². The fourth-order valence-electron chi connectivity index (χ4n) is 6.18. The maximum atomic E-state index is 14.4. The standard InChI is InChI=1S/C30H29F4NO2/c1-28(2)13-21-26(23(36)15-28)25(17-8-7-9-18(31)12-17)27-22(14-29(3,4)16-24(27)37)35(21)20-11-6-5-10-19(20)30(32,33)34/h5-12,25H,13-16H2,1-4H3. The smallest absolute Gasteiger partial charge is 0.316 e. The largest absolute Gasteiger partial charge is 0.418 e. The lowest BCUT2D eigenvalue weighted by Gasteiger charge is -2.49. The summed E-state index contributed by atoms with van der Waals surface area (Å²) in [5.74, 6) is -1.76. The van der Waals surface area contributed by atoms with E-state index in [0.29, 0.717) is 40.9 Å². The molecule has 194 valence electrons. The monoisotopic (exact) mass is 511 g/mol. The van der Waals surface area contributed by atoms with Gasteiger partial charge in [0.2, 0.25) is 0 Å². The highest BCUT2D eigenvalue weighted by molar-refractivity contribution is 6.08. The van der Waals surface area contributed by atoms with Crippen molar-refractivity contribution in [2.24, 2.45) is 10.8 Å². The third-order valence-electron chi connectivity index (χ3n) is 7.54. The molecule has 1 aliphatic heterocycles. The van der Waals surface area contributed by atoms with Crippen LogP contribution in [0.4, 0.5) is 23.2 Å². The molecule has 0 amide bonds. The van der Waals surface area contributed by atoms with Crippen LogP contribution in [0.25, 0.3) is 0 Å². The number of alkyl halides is 3. The van der Waals surface area contributed by atoms with E-state index < -0.39 is 34.3 Å². The molecule has 1 heterocycles. The predicted octanol–water partition coefficient (Wildman–Crippen LogP) is 7.73. The summed E-state index contributed by atoms with van der Waals surface area (Å²) in [6.07, 6.45) is -3.57. The van der Waals surface area contributed by atoms with E-state index in [-0.39, 0.29) is 30.1 Å². The molecular weight excluding hydrogens is 482 g/mol. The number of benzene rings is 2. The molecule has 37 heavy (non-hydrogen) atoms. The zero-order valence-corrected chi connectivity index (χ0v) is 21.3.